The highest BCUT2D eigenvalue weighted by Gasteiger charge is 2.21. The minimum atomic E-state index is 0.761. The Labute approximate surface area is 173 Å². The first-order chi connectivity index (χ1) is 14.4. The van der Waals surface area contributed by atoms with Crippen molar-refractivity contribution >= 4 is 40.0 Å². The van der Waals surface area contributed by atoms with Crippen LogP contribution in [-0.4, -0.2) is 46.1 Å². The van der Waals surface area contributed by atoms with Gasteiger partial charge in [0.05, 0.1) is 12.1 Å². The zero-order chi connectivity index (χ0) is 19.5. The highest BCUT2D eigenvalue weighted by atomic mass is 32.1. The van der Waals surface area contributed by atoms with Gasteiger partial charge in [-0.15, -0.1) is 11.3 Å². The van der Waals surface area contributed by atoms with Crippen LogP contribution < -0.4 is 15.1 Å². The number of piperazine rings is 1. The Morgan fingerprint density at radius 2 is 1.59 bits per heavy atom. The number of hydrogen-bond acceptors (Lipinski definition) is 8. The van der Waals surface area contributed by atoms with Crippen molar-refractivity contribution in [3.8, 4) is 0 Å². The summed E-state index contributed by atoms with van der Waals surface area (Å²) in [5.74, 6) is 2.43. The fraction of sp³-hybridized carbons (Fsp3) is 0.238. The molecule has 0 unspecified atom stereocenters. The normalized spacial score (nSPS) is 14.3. The fourth-order valence-electron chi connectivity index (χ4n) is 3.49. The quantitative estimate of drug-likeness (QED) is 0.547. The average Bonchev–Trinajstić information content (AvgIpc) is 3.32. The van der Waals surface area contributed by atoms with Gasteiger partial charge in [0.15, 0.2) is 0 Å². The van der Waals surface area contributed by atoms with Gasteiger partial charge in [-0.05, 0) is 29.6 Å². The van der Waals surface area contributed by atoms with E-state index in [0.29, 0.717) is 0 Å². The molecule has 29 heavy (non-hydrogen) atoms. The van der Waals surface area contributed by atoms with Crippen LogP contribution in [0.15, 0.2) is 60.2 Å². The molecule has 0 spiro atoms. The van der Waals surface area contributed by atoms with E-state index in [1.165, 1.54) is 4.88 Å². The third-order valence-electron chi connectivity index (χ3n) is 5.00. The van der Waals surface area contributed by atoms with E-state index in [-0.39, 0.29) is 0 Å². The lowest BCUT2D eigenvalue weighted by molar-refractivity contribution is 0.629. The van der Waals surface area contributed by atoms with Crippen LogP contribution >= 0.6 is 11.3 Å². The number of para-hydroxylation sites is 1. The van der Waals surface area contributed by atoms with Crippen LogP contribution in [0.4, 0.5) is 17.7 Å². The Balaban J connectivity index is 1.37. The molecular formula is C21H21N7S. The zero-order valence-electron chi connectivity index (χ0n) is 15.9. The number of hydrogen-bond donors (Lipinski definition) is 1. The summed E-state index contributed by atoms with van der Waals surface area (Å²) in [6.07, 6.45) is 3.57. The largest absolute Gasteiger partial charge is 0.364 e. The van der Waals surface area contributed by atoms with Gasteiger partial charge in [0.25, 0.3) is 0 Å². The predicted octanol–water partition coefficient (Wildman–Crippen LogP) is 3.42. The van der Waals surface area contributed by atoms with Gasteiger partial charge in [-0.1, -0.05) is 18.2 Å². The summed E-state index contributed by atoms with van der Waals surface area (Å²) < 4.78 is 0. The highest BCUT2D eigenvalue weighted by molar-refractivity contribution is 7.09. The number of rotatable bonds is 5. The lowest BCUT2D eigenvalue weighted by Crippen LogP contribution is -2.47. The number of anilines is 3. The monoisotopic (exact) mass is 403 g/mol. The second-order valence-corrected chi connectivity index (χ2v) is 7.88. The van der Waals surface area contributed by atoms with Gasteiger partial charge in [-0.25, -0.2) is 15.0 Å². The molecule has 4 aromatic rings. The van der Waals surface area contributed by atoms with Gasteiger partial charge in [-0.2, -0.15) is 4.98 Å². The summed E-state index contributed by atoms with van der Waals surface area (Å²) in [6.45, 7) is 4.12. The summed E-state index contributed by atoms with van der Waals surface area (Å²) in [6, 6.07) is 14.2. The maximum Gasteiger partial charge on any atom is 0.228 e. The van der Waals surface area contributed by atoms with Gasteiger partial charge in [0.1, 0.15) is 5.82 Å². The third kappa shape index (κ3) is 3.84. The van der Waals surface area contributed by atoms with Crippen LogP contribution in [0.25, 0.3) is 10.9 Å². The Bertz CT molecular complexity index is 1080. The highest BCUT2D eigenvalue weighted by Crippen LogP contribution is 2.25. The van der Waals surface area contributed by atoms with Crippen molar-refractivity contribution in [1.82, 2.24) is 19.9 Å². The summed E-state index contributed by atoms with van der Waals surface area (Å²) in [5, 5.41) is 6.65. The van der Waals surface area contributed by atoms with Crippen LogP contribution in [0.2, 0.25) is 0 Å². The first-order valence-electron chi connectivity index (χ1n) is 9.67. The second kappa shape index (κ2) is 8.00. The lowest BCUT2D eigenvalue weighted by Gasteiger charge is -2.34. The van der Waals surface area contributed by atoms with E-state index < -0.39 is 0 Å². The molecule has 0 radical (unpaired) electrons. The van der Waals surface area contributed by atoms with Gasteiger partial charge >= 0.3 is 0 Å². The van der Waals surface area contributed by atoms with Crippen LogP contribution in [0.3, 0.4) is 0 Å². The van der Waals surface area contributed by atoms with Crippen molar-refractivity contribution in [3.63, 3.8) is 0 Å². The first-order valence-corrected chi connectivity index (χ1v) is 10.5. The van der Waals surface area contributed by atoms with Crippen molar-refractivity contribution in [2.45, 2.75) is 6.54 Å². The van der Waals surface area contributed by atoms with Gasteiger partial charge in [-0.3, -0.25) is 0 Å². The smallest absolute Gasteiger partial charge is 0.228 e. The summed E-state index contributed by atoms with van der Waals surface area (Å²) >= 11 is 1.74. The minimum Gasteiger partial charge on any atom is -0.364 e. The maximum atomic E-state index is 4.88. The van der Waals surface area contributed by atoms with Crippen LogP contribution in [0.5, 0.6) is 0 Å². The number of benzene rings is 1. The van der Waals surface area contributed by atoms with Gasteiger partial charge in [0.2, 0.25) is 11.9 Å². The molecule has 4 heterocycles. The molecule has 1 saturated heterocycles. The lowest BCUT2D eigenvalue weighted by atomic mass is 10.2. The van der Waals surface area contributed by atoms with Crippen molar-refractivity contribution in [2.75, 3.05) is 41.3 Å². The van der Waals surface area contributed by atoms with Crippen LogP contribution in [-0.2, 0) is 6.54 Å². The number of fused-ring (bicyclic) bond motifs is 1. The van der Waals surface area contributed by atoms with E-state index in [2.05, 4.69) is 48.7 Å². The molecule has 1 aliphatic heterocycles. The van der Waals surface area contributed by atoms with E-state index in [0.717, 1.165) is 61.3 Å². The Morgan fingerprint density at radius 3 is 2.34 bits per heavy atom. The Morgan fingerprint density at radius 1 is 0.828 bits per heavy atom. The van der Waals surface area contributed by atoms with Gasteiger partial charge < -0.3 is 15.1 Å². The third-order valence-corrected chi connectivity index (χ3v) is 5.88. The molecule has 0 saturated carbocycles. The van der Waals surface area contributed by atoms with Crippen molar-refractivity contribution in [1.29, 1.82) is 0 Å². The molecule has 8 heteroatoms. The van der Waals surface area contributed by atoms with E-state index in [1.54, 1.807) is 23.7 Å². The number of thiophene rings is 1. The average molecular weight is 404 g/mol. The Hall–Kier alpha value is -3.26. The molecule has 146 valence electrons. The first kappa shape index (κ1) is 17.8. The van der Waals surface area contributed by atoms with E-state index in [9.17, 15) is 0 Å². The van der Waals surface area contributed by atoms with E-state index in [4.69, 9.17) is 9.97 Å². The second-order valence-electron chi connectivity index (χ2n) is 6.85. The molecule has 1 fully saturated rings. The van der Waals surface area contributed by atoms with Crippen molar-refractivity contribution < 1.29 is 0 Å². The van der Waals surface area contributed by atoms with Crippen LogP contribution in [0, 0.1) is 0 Å². The molecule has 1 N–H and O–H groups in total. The topological polar surface area (TPSA) is 70.1 Å². The van der Waals surface area contributed by atoms with Crippen LogP contribution in [0.1, 0.15) is 4.88 Å². The van der Waals surface area contributed by atoms with Crippen molar-refractivity contribution in [3.05, 3.63) is 65.1 Å². The Kier molecular flexibility index (Phi) is 4.92. The molecule has 1 aromatic carbocycles. The molecule has 0 amide bonds. The van der Waals surface area contributed by atoms with Gasteiger partial charge in [0, 0.05) is 48.8 Å². The molecule has 7 nitrogen and oxygen atoms in total. The molecule has 0 aliphatic carbocycles. The maximum absolute atomic E-state index is 4.88. The number of nitrogens with one attached hydrogen (secondary N) is 1. The molecule has 5 rings (SSSR count). The summed E-state index contributed by atoms with van der Waals surface area (Å²) in [4.78, 5) is 24.2. The summed E-state index contributed by atoms with van der Waals surface area (Å²) in [7, 11) is 0. The standard InChI is InChI=1S/C21H21N7S/c1-2-7-18-17(6-1)19(24-15-16-5-3-14-29-16)26-21(25-18)28-12-10-27(11-13-28)20-22-8-4-9-23-20/h1-9,14H,10-13,15H2,(H,24,25,26). The van der Waals surface area contributed by atoms with Crippen molar-refractivity contribution in [2.24, 2.45) is 0 Å². The molecule has 1 aliphatic rings. The number of aromatic nitrogens is 4. The summed E-state index contributed by atoms with van der Waals surface area (Å²) in [5.41, 5.74) is 0.958. The minimum absolute atomic E-state index is 0.761. The van der Waals surface area contributed by atoms with E-state index in [1.807, 2.05) is 24.3 Å². The fourth-order valence-corrected chi connectivity index (χ4v) is 4.13. The molecule has 0 atom stereocenters. The SMILES string of the molecule is c1cnc(N2CCN(c3nc(NCc4cccs4)c4ccccc4n3)CC2)nc1. The molecular weight excluding hydrogens is 382 g/mol. The zero-order valence-corrected chi connectivity index (χ0v) is 16.7. The molecule has 3 aromatic heterocycles. The number of nitrogens with zero attached hydrogens (tertiary/aromatic N) is 6. The van der Waals surface area contributed by atoms with E-state index >= 15 is 0 Å². The predicted molar refractivity (Wildman–Crippen MR) is 118 cm³/mol. The molecule has 0 bridgehead atoms.